The van der Waals surface area contributed by atoms with E-state index in [9.17, 15) is 9.59 Å². The number of nitrogens with one attached hydrogen (secondary N) is 1. The minimum absolute atomic E-state index is 0.0943. The number of benzene rings is 2. The smallest absolute Gasteiger partial charge is 0.322 e. The quantitative estimate of drug-likeness (QED) is 0.829. The van der Waals surface area contributed by atoms with Crippen LogP contribution in [-0.4, -0.2) is 22.9 Å². The van der Waals surface area contributed by atoms with Gasteiger partial charge in [0.05, 0.1) is 6.42 Å². The highest BCUT2D eigenvalue weighted by atomic mass is 35.5. The topological polar surface area (TPSA) is 75.4 Å². The lowest BCUT2D eigenvalue weighted by Crippen LogP contribution is -2.36. The number of nitrogens with zero attached hydrogens (tertiary/aromatic N) is 1. The van der Waals surface area contributed by atoms with Crippen molar-refractivity contribution in [3.63, 3.8) is 0 Å². The van der Waals surface area contributed by atoms with E-state index in [4.69, 9.17) is 17.3 Å². The van der Waals surface area contributed by atoms with Crippen molar-refractivity contribution < 1.29 is 9.59 Å². The molecule has 0 saturated heterocycles. The number of carbonyl (C=O) groups is 2. The molecule has 0 spiro atoms. The molecule has 1 saturated carbocycles. The van der Waals surface area contributed by atoms with Crippen molar-refractivity contribution >= 4 is 29.2 Å². The van der Waals surface area contributed by atoms with Crippen LogP contribution < -0.4 is 11.1 Å². The zero-order valence-corrected chi connectivity index (χ0v) is 14.5. The third-order valence-corrected chi connectivity index (χ3v) is 4.39. The molecule has 3 N–H and O–H groups in total. The van der Waals surface area contributed by atoms with Gasteiger partial charge in [0.2, 0.25) is 5.91 Å². The van der Waals surface area contributed by atoms with Crippen LogP contribution in [0.15, 0.2) is 48.5 Å². The first-order valence-corrected chi connectivity index (χ1v) is 8.59. The molecule has 1 fully saturated rings. The fourth-order valence-corrected chi connectivity index (χ4v) is 2.84. The number of anilines is 1. The number of hydrogen-bond donors (Lipinski definition) is 2. The molecule has 0 heterocycles. The molecule has 3 amide bonds. The van der Waals surface area contributed by atoms with Gasteiger partial charge in [-0.2, -0.15) is 0 Å². The van der Waals surface area contributed by atoms with E-state index in [0.29, 0.717) is 22.8 Å². The molecule has 0 radical (unpaired) electrons. The van der Waals surface area contributed by atoms with Crippen molar-refractivity contribution in [2.45, 2.75) is 31.8 Å². The number of carbonyl (C=O) groups excluding carboxylic acids is 2. The van der Waals surface area contributed by atoms with E-state index in [0.717, 1.165) is 18.4 Å². The maximum Gasteiger partial charge on any atom is 0.322 e. The molecule has 1 aliphatic rings. The van der Waals surface area contributed by atoms with Crippen LogP contribution in [0.4, 0.5) is 10.5 Å². The van der Waals surface area contributed by atoms with Crippen LogP contribution >= 0.6 is 11.6 Å². The molecule has 6 heteroatoms. The van der Waals surface area contributed by atoms with Crippen LogP contribution in [0.2, 0.25) is 5.02 Å². The van der Waals surface area contributed by atoms with E-state index in [1.165, 1.54) is 0 Å². The van der Waals surface area contributed by atoms with Crippen molar-refractivity contribution in [2.24, 2.45) is 5.73 Å². The highest BCUT2D eigenvalue weighted by Gasteiger charge is 2.32. The van der Waals surface area contributed by atoms with Crippen LogP contribution in [-0.2, 0) is 17.8 Å². The molecule has 1 aliphatic carbocycles. The fourth-order valence-electron chi connectivity index (χ4n) is 2.71. The number of rotatable bonds is 6. The first-order valence-electron chi connectivity index (χ1n) is 8.21. The van der Waals surface area contributed by atoms with E-state index >= 15 is 0 Å². The molecule has 0 bridgehead atoms. The lowest BCUT2D eigenvalue weighted by molar-refractivity contribution is -0.117. The summed E-state index contributed by atoms with van der Waals surface area (Å²) in [4.78, 5) is 25.8. The fraction of sp³-hybridized carbons (Fsp3) is 0.263. The van der Waals surface area contributed by atoms with E-state index in [-0.39, 0.29) is 18.5 Å². The predicted molar refractivity (Wildman–Crippen MR) is 98.4 cm³/mol. The van der Waals surface area contributed by atoms with Crippen LogP contribution in [0.1, 0.15) is 24.0 Å². The van der Waals surface area contributed by atoms with Crippen LogP contribution in [0, 0.1) is 0 Å². The normalized spacial score (nSPS) is 13.3. The Hall–Kier alpha value is -2.53. The van der Waals surface area contributed by atoms with Gasteiger partial charge in [-0.1, -0.05) is 41.9 Å². The molecule has 3 rings (SSSR count). The number of para-hydroxylation sites is 1. The summed E-state index contributed by atoms with van der Waals surface area (Å²) in [6.45, 7) is 0.519. The van der Waals surface area contributed by atoms with Gasteiger partial charge in [0, 0.05) is 23.3 Å². The Labute approximate surface area is 151 Å². The first kappa shape index (κ1) is 17.3. The summed E-state index contributed by atoms with van der Waals surface area (Å²) in [6, 6.07) is 14.8. The van der Waals surface area contributed by atoms with E-state index in [2.05, 4.69) is 5.32 Å². The summed E-state index contributed by atoms with van der Waals surface area (Å²) in [5, 5.41) is 3.59. The van der Waals surface area contributed by atoms with E-state index < -0.39 is 5.91 Å². The van der Waals surface area contributed by atoms with Crippen molar-refractivity contribution in [3.05, 3.63) is 64.7 Å². The summed E-state index contributed by atoms with van der Waals surface area (Å²) in [6.07, 6.45) is 2.10. The number of amides is 3. The highest BCUT2D eigenvalue weighted by Crippen LogP contribution is 2.29. The molecule has 25 heavy (non-hydrogen) atoms. The Morgan fingerprint density at radius 1 is 1.12 bits per heavy atom. The van der Waals surface area contributed by atoms with Crippen molar-refractivity contribution in [3.8, 4) is 0 Å². The van der Waals surface area contributed by atoms with Crippen LogP contribution in [0.25, 0.3) is 0 Å². The van der Waals surface area contributed by atoms with Crippen molar-refractivity contribution in [1.82, 2.24) is 4.90 Å². The maximum absolute atomic E-state index is 12.8. The van der Waals surface area contributed by atoms with Gasteiger partial charge in [-0.15, -0.1) is 0 Å². The van der Waals surface area contributed by atoms with Gasteiger partial charge < -0.3 is 16.0 Å². The largest absolute Gasteiger partial charge is 0.369 e. The van der Waals surface area contributed by atoms with Gasteiger partial charge >= 0.3 is 6.03 Å². The molecule has 5 nitrogen and oxygen atoms in total. The summed E-state index contributed by atoms with van der Waals surface area (Å²) in [7, 11) is 0. The number of halogens is 1. The number of primary amides is 1. The van der Waals surface area contributed by atoms with E-state index in [1.54, 1.807) is 12.1 Å². The zero-order chi connectivity index (χ0) is 17.8. The average molecular weight is 358 g/mol. The number of urea groups is 1. The Morgan fingerprint density at radius 3 is 2.44 bits per heavy atom. The molecule has 2 aromatic carbocycles. The first-order chi connectivity index (χ1) is 12.0. The lowest BCUT2D eigenvalue weighted by Gasteiger charge is -2.24. The van der Waals surface area contributed by atoms with Crippen molar-refractivity contribution in [2.75, 3.05) is 5.32 Å². The third-order valence-electron chi connectivity index (χ3n) is 4.14. The molecule has 0 aliphatic heterocycles. The predicted octanol–water partition coefficient (Wildman–Crippen LogP) is 3.56. The van der Waals surface area contributed by atoms with Gasteiger partial charge in [0.15, 0.2) is 0 Å². The van der Waals surface area contributed by atoms with Crippen LogP contribution in [0.3, 0.4) is 0 Å². The number of hydrogen-bond acceptors (Lipinski definition) is 2. The maximum atomic E-state index is 12.8. The van der Waals surface area contributed by atoms with Gasteiger partial charge in [-0.05, 0) is 42.2 Å². The van der Waals surface area contributed by atoms with Gasteiger partial charge in [0.1, 0.15) is 0 Å². The Morgan fingerprint density at radius 2 is 1.80 bits per heavy atom. The molecular weight excluding hydrogens is 338 g/mol. The highest BCUT2D eigenvalue weighted by molar-refractivity contribution is 6.30. The standard InChI is InChI=1S/C19H20ClN3O2/c20-15-7-5-13(6-8-15)12-23(16-9-10-16)19(25)22-17-4-2-1-3-14(17)11-18(21)24/h1-8,16H,9-12H2,(H2,21,24)(H,22,25). The van der Waals surface area contributed by atoms with Crippen molar-refractivity contribution in [1.29, 1.82) is 0 Å². The lowest BCUT2D eigenvalue weighted by atomic mass is 10.1. The SMILES string of the molecule is NC(=O)Cc1ccccc1NC(=O)N(Cc1ccc(Cl)cc1)C1CC1. The molecule has 2 aromatic rings. The minimum atomic E-state index is -0.429. The summed E-state index contributed by atoms with van der Waals surface area (Å²) < 4.78 is 0. The Bertz CT molecular complexity index is 772. The van der Waals surface area contributed by atoms with Crippen LogP contribution in [0.5, 0.6) is 0 Å². The summed E-state index contributed by atoms with van der Waals surface area (Å²) >= 11 is 5.92. The second-order valence-electron chi connectivity index (χ2n) is 6.22. The Balaban J connectivity index is 1.73. The zero-order valence-electron chi connectivity index (χ0n) is 13.7. The van der Waals surface area contributed by atoms with Gasteiger partial charge in [-0.25, -0.2) is 4.79 Å². The molecule has 0 unspecified atom stereocenters. The average Bonchev–Trinajstić information content (AvgIpc) is 3.40. The monoisotopic (exact) mass is 357 g/mol. The number of nitrogens with two attached hydrogens (primary N) is 1. The second kappa shape index (κ2) is 7.57. The van der Waals surface area contributed by atoms with E-state index in [1.807, 2.05) is 41.3 Å². The second-order valence-corrected chi connectivity index (χ2v) is 6.65. The molecule has 0 aromatic heterocycles. The summed E-state index contributed by atoms with van der Waals surface area (Å²) in [5.41, 5.74) is 7.64. The third kappa shape index (κ3) is 4.73. The Kier molecular flexibility index (Phi) is 5.24. The van der Waals surface area contributed by atoms with Gasteiger partial charge in [0.25, 0.3) is 0 Å². The van der Waals surface area contributed by atoms with Gasteiger partial charge in [-0.3, -0.25) is 4.79 Å². The summed E-state index contributed by atoms with van der Waals surface area (Å²) in [5.74, 6) is -0.429. The molecule has 130 valence electrons. The minimum Gasteiger partial charge on any atom is -0.369 e. The molecule has 0 atom stereocenters. The molecular formula is C19H20ClN3O2.